The van der Waals surface area contributed by atoms with Gasteiger partial charge in [-0.3, -0.25) is 9.52 Å². The van der Waals surface area contributed by atoms with Crippen LogP contribution in [0.5, 0.6) is 0 Å². The number of nitrogens with zero attached hydrogens (tertiary/aromatic N) is 1. The minimum Gasteiger partial charge on any atom is -0.330 e. The summed E-state index contributed by atoms with van der Waals surface area (Å²) in [5.41, 5.74) is 5.89. The normalized spacial score (nSPS) is 11.2. The van der Waals surface area contributed by atoms with Gasteiger partial charge in [-0.05, 0) is 24.3 Å². The Balaban J connectivity index is 1.97. The molecule has 1 amide bonds. The van der Waals surface area contributed by atoms with Crippen molar-refractivity contribution < 1.29 is 13.2 Å². The van der Waals surface area contributed by atoms with Gasteiger partial charge in [0.15, 0.2) is 5.13 Å². The summed E-state index contributed by atoms with van der Waals surface area (Å²) in [6, 6.07) is 5.95. The van der Waals surface area contributed by atoms with Crippen molar-refractivity contribution in [1.82, 2.24) is 4.98 Å². The molecule has 0 bridgehead atoms. The van der Waals surface area contributed by atoms with E-state index in [0.29, 0.717) is 28.9 Å². The molecule has 1 heterocycles. The van der Waals surface area contributed by atoms with E-state index in [1.165, 1.54) is 41.4 Å². The number of amides is 1. The van der Waals surface area contributed by atoms with E-state index in [9.17, 15) is 13.2 Å². The zero-order chi connectivity index (χ0) is 16.7. The highest BCUT2D eigenvalue weighted by Crippen LogP contribution is 2.19. The third-order valence-corrected chi connectivity index (χ3v) is 5.76. The van der Waals surface area contributed by atoms with Gasteiger partial charge in [0.25, 0.3) is 10.0 Å². The SMILES string of the molecule is NCCSCC(=O)Nc1ccc(S(=O)(=O)Nc2nccs2)cc1. The molecule has 7 nitrogen and oxygen atoms in total. The smallest absolute Gasteiger partial charge is 0.263 e. The van der Waals surface area contributed by atoms with Crippen LogP contribution >= 0.6 is 23.1 Å². The van der Waals surface area contributed by atoms with Gasteiger partial charge in [-0.2, -0.15) is 11.8 Å². The third-order valence-electron chi connectivity index (χ3n) is 2.60. The summed E-state index contributed by atoms with van der Waals surface area (Å²) in [6.45, 7) is 0.524. The number of thiazole rings is 1. The minimum absolute atomic E-state index is 0.100. The number of sulfonamides is 1. The predicted octanol–water partition coefficient (Wildman–Crippen LogP) is 1.57. The topological polar surface area (TPSA) is 114 Å². The quantitative estimate of drug-likeness (QED) is 0.606. The van der Waals surface area contributed by atoms with Crippen LogP contribution in [0.4, 0.5) is 10.8 Å². The molecule has 0 fully saturated rings. The van der Waals surface area contributed by atoms with Crippen molar-refractivity contribution in [3.05, 3.63) is 35.8 Å². The number of rotatable bonds is 8. The third kappa shape index (κ3) is 5.50. The van der Waals surface area contributed by atoms with Gasteiger partial charge in [0.2, 0.25) is 5.91 Å². The van der Waals surface area contributed by atoms with Gasteiger partial charge >= 0.3 is 0 Å². The van der Waals surface area contributed by atoms with E-state index in [4.69, 9.17) is 5.73 Å². The Morgan fingerprint density at radius 1 is 1.30 bits per heavy atom. The number of nitrogens with one attached hydrogen (secondary N) is 2. The average molecular weight is 372 g/mol. The van der Waals surface area contributed by atoms with Crippen molar-refractivity contribution in [2.24, 2.45) is 5.73 Å². The number of nitrogens with two attached hydrogens (primary N) is 1. The molecule has 1 aromatic carbocycles. The minimum atomic E-state index is -3.68. The number of carbonyl (C=O) groups excluding carboxylic acids is 1. The molecular weight excluding hydrogens is 356 g/mol. The molecule has 23 heavy (non-hydrogen) atoms. The van der Waals surface area contributed by atoms with Crippen LogP contribution in [0.15, 0.2) is 40.7 Å². The lowest BCUT2D eigenvalue weighted by Gasteiger charge is -2.08. The Morgan fingerprint density at radius 2 is 2.04 bits per heavy atom. The van der Waals surface area contributed by atoms with Crippen LogP contribution in [0.25, 0.3) is 0 Å². The Labute approximate surface area is 142 Å². The van der Waals surface area contributed by atoms with E-state index in [1.807, 2.05) is 0 Å². The number of aromatic nitrogens is 1. The maximum Gasteiger partial charge on any atom is 0.263 e. The van der Waals surface area contributed by atoms with E-state index in [2.05, 4.69) is 15.0 Å². The van der Waals surface area contributed by atoms with Crippen molar-refractivity contribution in [3.63, 3.8) is 0 Å². The first-order chi connectivity index (χ1) is 11.0. The summed E-state index contributed by atoms with van der Waals surface area (Å²) in [5.74, 6) is 0.871. The fourth-order valence-electron chi connectivity index (χ4n) is 1.61. The number of benzene rings is 1. The summed E-state index contributed by atoms with van der Waals surface area (Å²) in [5, 5.41) is 4.68. The molecular formula is C13H16N4O3S3. The van der Waals surface area contributed by atoms with E-state index >= 15 is 0 Å². The summed E-state index contributed by atoms with van der Waals surface area (Å²) in [6.07, 6.45) is 1.52. The van der Waals surface area contributed by atoms with Gasteiger partial charge in [-0.15, -0.1) is 11.3 Å². The molecule has 0 unspecified atom stereocenters. The van der Waals surface area contributed by atoms with Gasteiger partial charge in [-0.1, -0.05) is 0 Å². The van der Waals surface area contributed by atoms with Gasteiger partial charge in [0.1, 0.15) is 0 Å². The van der Waals surface area contributed by atoms with Crippen LogP contribution in [0.2, 0.25) is 0 Å². The molecule has 0 radical (unpaired) electrons. The zero-order valence-electron chi connectivity index (χ0n) is 12.1. The van der Waals surface area contributed by atoms with Crippen LogP contribution in [-0.4, -0.2) is 37.4 Å². The summed E-state index contributed by atoms with van der Waals surface area (Å²) < 4.78 is 26.7. The first-order valence-corrected chi connectivity index (χ1v) is 10.1. The second kappa shape index (κ2) is 8.29. The van der Waals surface area contributed by atoms with Crippen molar-refractivity contribution in [3.8, 4) is 0 Å². The van der Waals surface area contributed by atoms with Crippen molar-refractivity contribution in [2.75, 3.05) is 28.1 Å². The van der Waals surface area contributed by atoms with Crippen molar-refractivity contribution in [1.29, 1.82) is 0 Å². The Bertz CT molecular complexity index is 730. The van der Waals surface area contributed by atoms with Crippen molar-refractivity contribution >= 4 is 49.8 Å². The number of hydrogen-bond acceptors (Lipinski definition) is 7. The molecule has 10 heteroatoms. The number of hydrogen-bond donors (Lipinski definition) is 3. The number of carbonyl (C=O) groups is 1. The van der Waals surface area contributed by atoms with Gasteiger partial charge in [0, 0.05) is 29.6 Å². The van der Waals surface area contributed by atoms with E-state index in [1.54, 1.807) is 17.5 Å². The molecule has 2 aromatic rings. The number of thioether (sulfide) groups is 1. The molecule has 0 aliphatic heterocycles. The van der Waals surface area contributed by atoms with Crippen LogP contribution in [-0.2, 0) is 14.8 Å². The first kappa shape index (κ1) is 17.7. The fraction of sp³-hybridized carbons (Fsp3) is 0.231. The molecule has 0 aliphatic rings. The lowest BCUT2D eigenvalue weighted by molar-refractivity contribution is -0.113. The average Bonchev–Trinajstić information content (AvgIpc) is 3.00. The molecule has 2 rings (SSSR count). The van der Waals surface area contributed by atoms with Crippen LogP contribution in [0.1, 0.15) is 0 Å². The summed E-state index contributed by atoms with van der Waals surface area (Å²) in [7, 11) is -3.68. The lowest BCUT2D eigenvalue weighted by atomic mass is 10.3. The van der Waals surface area contributed by atoms with E-state index in [0.717, 1.165) is 0 Å². The molecule has 124 valence electrons. The van der Waals surface area contributed by atoms with Crippen LogP contribution < -0.4 is 15.8 Å². The molecule has 0 aliphatic carbocycles. The largest absolute Gasteiger partial charge is 0.330 e. The standard InChI is InChI=1S/C13H16N4O3S3/c14-5-7-21-9-12(18)16-10-1-3-11(4-2-10)23(19,20)17-13-15-6-8-22-13/h1-4,6,8H,5,7,9,14H2,(H,15,17)(H,16,18). The van der Waals surface area contributed by atoms with E-state index < -0.39 is 10.0 Å². The predicted molar refractivity (Wildman–Crippen MR) is 94.4 cm³/mol. The molecule has 4 N–H and O–H groups in total. The summed E-state index contributed by atoms with van der Waals surface area (Å²) in [4.78, 5) is 15.7. The molecule has 1 aromatic heterocycles. The van der Waals surface area contributed by atoms with Gasteiger partial charge in [0.05, 0.1) is 10.6 Å². The number of anilines is 2. The second-order valence-electron chi connectivity index (χ2n) is 4.36. The highest BCUT2D eigenvalue weighted by atomic mass is 32.2. The van der Waals surface area contributed by atoms with E-state index in [-0.39, 0.29) is 10.8 Å². The maximum absolute atomic E-state index is 12.2. The molecule has 0 saturated heterocycles. The van der Waals surface area contributed by atoms with Gasteiger partial charge < -0.3 is 11.1 Å². The zero-order valence-corrected chi connectivity index (χ0v) is 14.5. The maximum atomic E-state index is 12.2. The molecule has 0 atom stereocenters. The molecule has 0 spiro atoms. The lowest BCUT2D eigenvalue weighted by Crippen LogP contribution is -2.16. The Kier molecular flexibility index (Phi) is 6.39. The molecule has 0 saturated carbocycles. The van der Waals surface area contributed by atoms with Crippen LogP contribution in [0, 0.1) is 0 Å². The highest BCUT2D eigenvalue weighted by molar-refractivity contribution is 8.00. The highest BCUT2D eigenvalue weighted by Gasteiger charge is 2.15. The Hall–Kier alpha value is -1.62. The monoisotopic (exact) mass is 372 g/mol. The van der Waals surface area contributed by atoms with Crippen molar-refractivity contribution in [2.45, 2.75) is 4.90 Å². The fourth-order valence-corrected chi connectivity index (χ4v) is 3.97. The van der Waals surface area contributed by atoms with Gasteiger partial charge in [-0.25, -0.2) is 13.4 Å². The summed E-state index contributed by atoms with van der Waals surface area (Å²) >= 11 is 2.64. The second-order valence-corrected chi connectivity index (χ2v) is 8.04. The first-order valence-electron chi connectivity index (χ1n) is 6.61. The van der Waals surface area contributed by atoms with Crippen LogP contribution in [0.3, 0.4) is 0 Å². The Morgan fingerprint density at radius 3 is 2.65 bits per heavy atom.